The molecule has 1 heterocycles. The summed E-state index contributed by atoms with van der Waals surface area (Å²) < 4.78 is 13.0. The highest BCUT2D eigenvalue weighted by Gasteiger charge is 2.24. The quantitative estimate of drug-likeness (QED) is 0.666. The van der Waals surface area contributed by atoms with E-state index in [0.29, 0.717) is 24.2 Å². The number of nitrogens with one attached hydrogen (secondary N) is 1. The van der Waals surface area contributed by atoms with E-state index in [1.165, 1.54) is 12.1 Å². The molecule has 0 aromatic heterocycles. The van der Waals surface area contributed by atoms with E-state index in [0.717, 1.165) is 25.6 Å². The standard InChI is InChI=1S/C14H20FN3O2/c1-10(2)17-6-5-11(9-17)8-16-13-4-3-12(15)7-14(13)18(19)20/h3-4,7,10-11,16H,5-6,8-9H2,1-2H3/t11-/m0/s1. The van der Waals surface area contributed by atoms with E-state index < -0.39 is 10.7 Å². The molecule has 20 heavy (non-hydrogen) atoms. The van der Waals surface area contributed by atoms with Gasteiger partial charge in [-0.2, -0.15) is 0 Å². The molecule has 5 nitrogen and oxygen atoms in total. The van der Waals surface area contributed by atoms with Crippen molar-refractivity contribution in [3.05, 3.63) is 34.1 Å². The van der Waals surface area contributed by atoms with E-state index in [4.69, 9.17) is 0 Å². The largest absolute Gasteiger partial charge is 0.379 e. The number of anilines is 1. The fraction of sp³-hybridized carbons (Fsp3) is 0.571. The molecule has 1 aliphatic heterocycles. The highest BCUT2D eigenvalue weighted by molar-refractivity contribution is 5.61. The van der Waals surface area contributed by atoms with Crippen LogP contribution >= 0.6 is 0 Å². The smallest absolute Gasteiger partial charge is 0.295 e. The van der Waals surface area contributed by atoms with Crippen LogP contribution in [0.15, 0.2) is 18.2 Å². The van der Waals surface area contributed by atoms with Gasteiger partial charge in [0, 0.05) is 19.1 Å². The second-order valence-corrected chi connectivity index (χ2v) is 5.54. The Hall–Kier alpha value is -1.69. The molecule has 0 radical (unpaired) electrons. The molecule has 2 rings (SSSR count). The predicted molar refractivity (Wildman–Crippen MR) is 76.4 cm³/mol. The second-order valence-electron chi connectivity index (χ2n) is 5.54. The van der Waals surface area contributed by atoms with Gasteiger partial charge in [-0.15, -0.1) is 0 Å². The molecule has 1 aliphatic rings. The summed E-state index contributed by atoms with van der Waals surface area (Å²) in [6, 6.07) is 4.16. The Labute approximate surface area is 117 Å². The van der Waals surface area contributed by atoms with Crippen molar-refractivity contribution in [3.8, 4) is 0 Å². The fourth-order valence-electron chi connectivity index (χ4n) is 2.56. The molecule has 0 aliphatic carbocycles. The molecule has 6 heteroatoms. The van der Waals surface area contributed by atoms with Gasteiger partial charge in [-0.25, -0.2) is 4.39 Å². The third-order valence-electron chi connectivity index (χ3n) is 3.79. The van der Waals surface area contributed by atoms with Crippen LogP contribution in [-0.4, -0.2) is 35.5 Å². The highest BCUT2D eigenvalue weighted by Crippen LogP contribution is 2.26. The van der Waals surface area contributed by atoms with Gasteiger partial charge in [-0.3, -0.25) is 10.1 Å². The van der Waals surface area contributed by atoms with Crippen molar-refractivity contribution in [2.24, 2.45) is 5.92 Å². The van der Waals surface area contributed by atoms with Crippen LogP contribution < -0.4 is 5.32 Å². The van der Waals surface area contributed by atoms with E-state index in [1.807, 2.05) is 0 Å². The zero-order valence-electron chi connectivity index (χ0n) is 11.8. The highest BCUT2D eigenvalue weighted by atomic mass is 19.1. The van der Waals surface area contributed by atoms with Crippen LogP contribution in [-0.2, 0) is 0 Å². The van der Waals surface area contributed by atoms with Gasteiger partial charge >= 0.3 is 0 Å². The molecule has 1 aromatic carbocycles. The van der Waals surface area contributed by atoms with E-state index in [-0.39, 0.29) is 5.69 Å². The third-order valence-corrected chi connectivity index (χ3v) is 3.79. The van der Waals surface area contributed by atoms with Crippen LogP contribution in [0.25, 0.3) is 0 Å². The lowest BCUT2D eigenvalue weighted by atomic mass is 10.1. The Bertz CT molecular complexity index is 493. The molecule has 0 amide bonds. The van der Waals surface area contributed by atoms with Crippen molar-refractivity contribution < 1.29 is 9.31 Å². The minimum Gasteiger partial charge on any atom is -0.379 e. The van der Waals surface area contributed by atoms with Crippen molar-refractivity contribution >= 4 is 11.4 Å². The number of hydrogen-bond donors (Lipinski definition) is 1. The normalized spacial score (nSPS) is 19.5. The summed E-state index contributed by atoms with van der Waals surface area (Å²) in [5.74, 6) is -0.115. The van der Waals surface area contributed by atoms with E-state index in [9.17, 15) is 14.5 Å². The molecule has 0 unspecified atom stereocenters. The summed E-state index contributed by atoms with van der Waals surface area (Å²) in [6.45, 7) is 7.08. The zero-order chi connectivity index (χ0) is 14.7. The average molecular weight is 281 g/mol. The molecule has 1 atom stereocenters. The van der Waals surface area contributed by atoms with Gasteiger partial charge in [0.25, 0.3) is 5.69 Å². The molecule has 1 fully saturated rings. The molecule has 1 aromatic rings. The number of nitro benzene ring substituents is 1. The van der Waals surface area contributed by atoms with Crippen molar-refractivity contribution in [1.29, 1.82) is 0 Å². The molecule has 1 N–H and O–H groups in total. The lowest BCUT2D eigenvalue weighted by Gasteiger charge is -2.20. The first kappa shape index (κ1) is 14.7. The van der Waals surface area contributed by atoms with Crippen LogP contribution in [0.4, 0.5) is 15.8 Å². The van der Waals surface area contributed by atoms with Gasteiger partial charge in [0.2, 0.25) is 0 Å². The Morgan fingerprint density at radius 3 is 2.90 bits per heavy atom. The Morgan fingerprint density at radius 1 is 1.55 bits per heavy atom. The minimum atomic E-state index is -0.589. The Morgan fingerprint density at radius 2 is 2.30 bits per heavy atom. The van der Waals surface area contributed by atoms with Gasteiger partial charge in [0.05, 0.1) is 11.0 Å². The number of nitro groups is 1. The van der Waals surface area contributed by atoms with Gasteiger partial charge in [0.1, 0.15) is 11.5 Å². The van der Waals surface area contributed by atoms with Gasteiger partial charge in [0.15, 0.2) is 0 Å². The molecule has 0 saturated carbocycles. The molecule has 0 spiro atoms. The first-order valence-corrected chi connectivity index (χ1v) is 6.89. The zero-order valence-corrected chi connectivity index (χ0v) is 11.8. The number of rotatable bonds is 5. The molecular formula is C14H20FN3O2. The van der Waals surface area contributed by atoms with Gasteiger partial charge in [-0.05, 0) is 44.9 Å². The number of nitrogens with zero attached hydrogens (tertiary/aromatic N) is 2. The Kier molecular flexibility index (Phi) is 4.54. The van der Waals surface area contributed by atoms with Crippen LogP contribution in [0.3, 0.4) is 0 Å². The summed E-state index contributed by atoms with van der Waals surface area (Å²) >= 11 is 0. The van der Waals surface area contributed by atoms with Crippen LogP contribution in [0, 0.1) is 21.8 Å². The summed E-state index contributed by atoms with van der Waals surface area (Å²) in [5, 5.41) is 14.0. The van der Waals surface area contributed by atoms with Crippen molar-refractivity contribution in [3.63, 3.8) is 0 Å². The van der Waals surface area contributed by atoms with Crippen molar-refractivity contribution in [1.82, 2.24) is 4.90 Å². The van der Waals surface area contributed by atoms with E-state index >= 15 is 0 Å². The summed E-state index contributed by atoms with van der Waals surface area (Å²) in [7, 11) is 0. The predicted octanol–water partition coefficient (Wildman–Crippen LogP) is 2.88. The SMILES string of the molecule is CC(C)N1CC[C@@H](CNc2ccc(F)cc2[N+](=O)[O-])C1. The number of halogens is 1. The van der Waals surface area contributed by atoms with E-state index in [1.54, 1.807) is 0 Å². The third kappa shape index (κ3) is 3.45. The molecule has 0 bridgehead atoms. The summed E-state index contributed by atoms with van der Waals surface area (Å²) in [4.78, 5) is 12.7. The lowest BCUT2D eigenvalue weighted by Crippen LogP contribution is -2.29. The lowest BCUT2D eigenvalue weighted by molar-refractivity contribution is -0.384. The molecule has 110 valence electrons. The van der Waals surface area contributed by atoms with Crippen molar-refractivity contribution in [2.45, 2.75) is 26.3 Å². The maximum Gasteiger partial charge on any atom is 0.295 e. The number of hydrogen-bond acceptors (Lipinski definition) is 4. The topological polar surface area (TPSA) is 58.4 Å². The van der Waals surface area contributed by atoms with Gasteiger partial charge in [-0.1, -0.05) is 0 Å². The molecular weight excluding hydrogens is 261 g/mol. The maximum absolute atomic E-state index is 13.0. The monoisotopic (exact) mass is 281 g/mol. The minimum absolute atomic E-state index is 0.205. The van der Waals surface area contributed by atoms with Crippen LogP contribution in [0.2, 0.25) is 0 Å². The van der Waals surface area contributed by atoms with Crippen LogP contribution in [0.1, 0.15) is 20.3 Å². The van der Waals surface area contributed by atoms with Crippen molar-refractivity contribution in [2.75, 3.05) is 25.0 Å². The second kappa shape index (κ2) is 6.17. The maximum atomic E-state index is 13.0. The summed E-state index contributed by atoms with van der Waals surface area (Å²) in [5.41, 5.74) is 0.183. The van der Waals surface area contributed by atoms with Crippen LogP contribution in [0.5, 0.6) is 0 Å². The van der Waals surface area contributed by atoms with E-state index in [2.05, 4.69) is 24.1 Å². The Balaban J connectivity index is 1.96. The first-order chi connectivity index (χ1) is 9.47. The number of benzene rings is 1. The average Bonchev–Trinajstić information content (AvgIpc) is 2.86. The fourth-order valence-corrected chi connectivity index (χ4v) is 2.56. The summed E-state index contributed by atoms with van der Waals surface area (Å²) in [6.07, 6.45) is 1.08. The molecule has 1 saturated heterocycles. The number of likely N-dealkylation sites (tertiary alicyclic amines) is 1. The van der Waals surface area contributed by atoms with Gasteiger partial charge < -0.3 is 10.2 Å². The first-order valence-electron chi connectivity index (χ1n) is 6.89.